The Labute approximate surface area is 121 Å². The lowest BCUT2D eigenvalue weighted by atomic mass is 10.2. The van der Waals surface area contributed by atoms with Gasteiger partial charge >= 0.3 is 0 Å². The quantitative estimate of drug-likeness (QED) is 0.666. The van der Waals surface area contributed by atoms with Crippen molar-refractivity contribution in [2.75, 3.05) is 5.73 Å². The third-order valence-corrected chi connectivity index (χ3v) is 3.63. The first kappa shape index (κ1) is 12.3. The monoisotopic (exact) mass is 371 g/mol. The lowest BCUT2D eigenvalue weighted by Gasteiger charge is -2.06. The van der Waals surface area contributed by atoms with Gasteiger partial charge in [-0.25, -0.2) is 13.8 Å². The van der Waals surface area contributed by atoms with E-state index in [9.17, 15) is 8.78 Å². The second kappa shape index (κ2) is 4.44. The van der Waals surface area contributed by atoms with E-state index < -0.39 is 0 Å². The smallest absolute Gasteiger partial charge is 0.205 e. The van der Waals surface area contributed by atoms with Crippen LogP contribution in [0.5, 0.6) is 0 Å². The summed E-state index contributed by atoms with van der Waals surface area (Å²) in [6, 6.07) is 8.80. The summed E-state index contributed by atoms with van der Waals surface area (Å²) in [6.07, 6.45) is 0. The SMILES string of the molecule is Nc1nc2cc(I)c(F)cc2n1-c1ccc(F)cc1. The van der Waals surface area contributed by atoms with Crippen LogP contribution in [0.25, 0.3) is 16.7 Å². The summed E-state index contributed by atoms with van der Waals surface area (Å²) >= 11 is 1.90. The van der Waals surface area contributed by atoms with Gasteiger partial charge in [0.25, 0.3) is 0 Å². The van der Waals surface area contributed by atoms with E-state index in [1.54, 1.807) is 22.8 Å². The number of rotatable bonds is 1. The topological polar surface area (TPSA) is 43.8 Å². The maximum absolute atomic E-state index is 13.7. The number of nitrogen functional groups attached to an aromatic ring is 1. The maximum Gasteiger partial charge on any atom is 0.205 e. The summed E-state index contributed by atoms with van der Waals surface area (Å²) in [4.78, 5) is 4.19. The molecule has 0 fully saturated rings. The molecule has 0 saturated heterocycles. The number of nitrogens with two attached hydrogens (primary N) is 1. The molecular weight excluding hydrogens is 363 g/mol. The number of aromatic nitrogens is 2. The Morgan fingerprint density at radius 3 is 2.47 bits per heavy atom. The lowest BCUT2D eigenvalue weighted by molar-refractivity contribution is 0.621. The van der Waals surface area contributed by atoms with Gasteiger partial charge in [-0.2, -0.15) is 0 Å². The summed E-state index contributed by atoms with van der Waals surface area (Å²) in [5, 5.41) is 0. The molecule has 3 rings (SSSR count). The van der Waals surface area contributed by atoms with Crippen molar-refractivity contribution in [3.8, 4) is 5.69 Å². The highest BCUT2D eigenvalue weighted by atomic mass is 127. The Bertz CT molecular complexity index is 766. The van der Waals surface area contributed by atoms with Crippen molar-refractivity contribution in [2.24, 2.45) is 0 Å². The highest BCUT2D eigenvalue weighted by Crippen LogP contribution is 2.26. The molecule has 0 radical (unpaired) electrons. The van der Waals surface area contributed by atoms with Crippen molar-refractivity contribution in [3.05, 3.63) is 51.6 Å². The number of hydrogen-bond acceptors (Lipinski definition) is 2. The molecule has 0 aliphatic carbocycles. The molecule has 96 valence electrons. The minimum Gasteiger partial charge on any atom is -0.369 e. The van der Waals surface area contributed by atoms with Crippen molar-refractivity contribution < 1.29 is 8.78 Å². The van der Waals surface area contributed by atoms with Crippen molar-refractivity contribution >= 4 is 39.6 Å². The van der Waals surface area contributed by atoms with Gasteiger partial charge in [-0.3, -0.25) is 4.57 Å². The first-order chi connectivity index (χ1) is 9.06. The van der Waals surface area contributed by atoms with Crippen molar-refractivity contribution in [1.82, 2.24) is 9.55 Å². The molecule has 3 aromatic rings. The van der Waals surface area contributed by atoms with Crippen LogP contribution in [0.15, 0.2) is 36.4 Å². The minimum absolute atomic E-state index is 0.239. The van der Waals surface area contributed by atoms with Crippen molar-refractivity contribution in [3.63, 3.8) is 0 Å². The average molecular weight is 371 g/mol. The fourth-order valence-electron chi connectivity index (χ4n) is 1.95. The zero-order valence-electron chi connectivity index (χ0n) is 9.57. The number of nitrogens with zero attached hydrogens (tertiary/aromatic N) is 2. The Morgan fingerprint density at radius 2 is 1.79 bits per heavy atom. The standard InChI is InChI=1S/C13H8F2IN3/c14-7-1-3-8(4-2-7)19-12-5-9(15)10(16)6-11(12)18-13(19)17/h1-6H,(H2,17,18). The summed E-state index contributed by atoms with van der Waals surface area (Å²) in [6.45, 7) is 0. The van der Waals surface area contributed by atoms with Crippen LogP contribution in [0.4, 0.5) is 14.7 Å². The van der Waals surface area contributed by atoms with Crippen LogP contribution in [0.3, 0.4) is 0 Å². The zero-order chi connectivity index (χ0) is 13.6. The second-order valence-corrected chi connectivity index (χ2v) is 5.20. The van der Waals surface area contributed by atoms with E-state index in [0.29, 0.717) is 20.3 Å². The molecule has 0 aliphatic rings. The fraction of sp³-hybridized carbons (Fsp3) is 0. The van der Waals surface area contributed by atoms with Crippen LogP contribution in [-0.2, 0) is 0 Å². The molecule has 0 saturated carbocycles. The van der Waals surface area contributed by atoms with Crippen LogP contribution in [0.2, 0.25) is 0 Å². The first-order valence-corrected chi connectivity index (χ1v) is 6.53. The molecule has 2 aromatic carbocycles. The average Bonchev–Trinajstić information content (AvgIpc) is 2.67. The van der Waals surface area contributed by atoms with E-state index >= 15 is 0 Å². The Balaban J connectivity index is 2.31. The van der Waals surface area contributed by atoms with Gasteiger partial charge in [0.15, 0.2) is 0 Å². The van der Waals surface area contributed by atoms with Crippen LogP contribution in [-0.4, -0.2) is 9.55 Å². The van der Waals surface area contributed by atoms with Crippen molar-refractivity contribution in [1.29, 1.82) is 0 Å². The van der Waals surface area contributed by atoms with Crippen molar-refractivity contribution in [2.45, 2.75) is 0 Å². The van der Waals surface area contributed by atoms with Gasteiger partial charge in [-0.1, -0.05) is 0 Å². The zero-order valence-corrected chi connectivity index (χ0v) is 11.7. The van der Waals surface area contributed by atoms with E-state index in [4.69, 9.17) is 5.73 Å². The van der Waals surface area contributed by atoms with Crippen LogP contribution < -0.4 is 5.73 Å². The molecule has 0 atom stereocenters. The number of imidazole rings is 1. The highest BCUT2D eigenvalue weighted by Gasteiger charge is 2.13. The van der Waals surface area contributed by atoms with Crippen LogP contribution in [0.1, 0.15) is 0 Å². The third kappa shape index (κ3) is 2.05. The molecule has 1 heterocycles. The van der Waals surface area contributed by atoms with Gasteiger partial charge in [0, 0.05) is 11.8 Å². The summed E-state index contributed by atoms with van der Waals surface area (Å²) in [5.74, 6) is -0.438. The first-order valence-electron chi connectivity index (χ1n) is 5.45. The Morgan fingerprint density at radius 1 is 1.11 bits per heavy atom. The number of anilines is 1. The third-order valence-electron chi connectivity index (χ3n) is 2.81. The molecule has 0 aliphatic heterocycles. The predicted molar refractivity (Wildman–Crippen MR) is 78.1 cm³/mol. The molecule has 1 aromatic heterocycles. The van der Waals surface area contributed by atoms with E-state index in [-0.39, 0.29) is 17.6 Å². The van der Waals surface area contributed by atoms with Gasteiger partial charge in [0.05, 0.1) is 14.6 Å². The molecule has 19 heavy (non-hydrogen) atoms. The van der Waals surface area contributed by atoms with Crippen LogP contribution >= 0.6 is 22.6 Å². The number of hydrogen-bond donors (Lipinski definition) is 1. The normalized spacial score (nSPS) is 11.1. The van der Waals surface area contributed by atoms with Gasteiger partial charge < -0.3 is 5.73 Å². The van der Waals surface area contributed by atoms with E-state index in [1.807, 2.05) is 22.6 Å². The van der Waals surface area contributed by atoms with Gasteiger partial charge in [-0.15, -0.1) is 0 Å². The van der Waals surface area contributed by atoms with E-state index in [1.165, 1.54) is 18.2 Å². The molecule has 0 unspecified atom stereocenters. The van der Waals surface area contributed by atoms with Gasteiger partial charge in [-0.05, 0) is 52.9 Å². The molecule has 3 nitrogen and oxygen atoms in total. The Kier molecular flexibility index (Phi) is 2.89. The van der Waals surface area contributed by atoms with Gasteiger partial charge in [0.1, 0.15) is 11.6 Å². The fourth-order valence-corrected chi connectivity index (χ4v) is 2.40. The number of benzene rings is 2. The number of fused-ring (bicyclic) bond motifs is 1. The number of halogens is 3. The molecule has 0 amide bonds. The summed E-state index contributed by atoms with van der Waals surface area (Å²) < 4.78 is 28.7. The molecule has 0 bridgehead atoms. The van der Waals surface area contributed by atoms with E-state index in [2.05, 4.69) is 4.98 Å². The molecule has 0 spiro atoms. The van der Waals surface area contributed by atoms with Crippen LogP contribution in [0, 0.1) is 15.2 Å². The molecule has 2 N–H and O–H groups in total. The maximum atomic E-state index is 13.7. The van der Waals surface area contributed by atoms with Gasteiger partial charge in [0.2, 0.25) is 5.95 Å². The van der Waals surface area contributed by atoms with E-state index in [0.717, 1.165) is 0 Å². The predicted octanol–water partition coefficient (Wildman–Crippen LogP) is 3.49. The lowest BCUT2D eigenvalue weighted by Crippen LogP contribution is -2.00. The highest BCUT2D eigenvalue weighted by molar-refractivity contribution is 14.1. The minimum atomic E-state index is -0.340. The molecular formula is C13H8F2IN3. The molecule has 6 heteroatoms. The largest absolute Gasteiger partial charge is 0.369 e. The summed E-state index contributed by atoms with van der Waals surface area (Å²) in [7, 11) is 0. The Hall–Kier alpha value is -1.70. The summed E-state index contributed by atoms with van der Waals surface area (Å²) in [5.41, 5.74) is 7.66. The second-order valence-electron chi connectivity index (χ2n) is 4.04.